The van der Waals surface area contributed by atoms with Gasteiger partial charge in [0, 0.05) is 0 Å². The van der Waals surface area contributed by atoms with Gasteiger partial charge in [0.1, 0.15) is 0 Å². The van der Waals surface area contributed by atoms with E-state index in [-0.39, 0.29) is 17.3 Å². The van der Waals surface area contributed by atoms with E-state index >= 15 is 0 Å². The fourth-order valence-corrected chi connectivity index (χ4v) is 2.51. The van der Waals surface area contributed by atoms with Crippen LogP contribution in [0.1, 0.15) is 44.4 Å². The Morgan fingerprint density at radius 2 is 1.94 bits per heavy atom. The van der Waals surface area contributed by atoms with Crippen molar-refractivity contribution in [2.24, 2.45) is 5.92 Å². The second kappa shape index (κ2) is 4.75. The zero-order valence-corrected chi connectivity index (χ0v) is 11.7. The van der Waals surface area contributed by atoms with Crippen molar-refractivity contribution in [3.63, 3.8) is 0 Å². The summed E-state index contributed by atoms with van der Waals surface area (Å²) in [6.45, 7) is 8.97. The van der Waals surface area contributed by atoms with E-state index in [2.05, 4.69) is 39.0 Å². The van der Waals surface area contributed by atoms with E-state index in [4.69, 9.17) is 4.74 Å². The van der Waals surface area contributed by atoms with Gasteiger partial charge in [-0.1, -0.05) is 39.0 Å². The van der Waals surface area contributed by atoms with Crippen LogP contribution in [0.2, 0.25) is 0 Å². The number of fused-ring (bicyclic) bond motifs is 1. The summed E-state index contributed by atoms with van der Waals surface area (Å²) in [5.41, 5.74) is 4.13. The average molecular weight is 246 g/mol. The zero-order valence-electron chi connectivity index (χ0n) is 11.7. The number of carbonyl (C=O) groups is 1. The van der Waals surface area contributed by atoms with Crippen LogP contribution in [0.4, 0.5) is 0 Å². The highest BCUT2D eigenvalue weighted by atomic mass is 16.5. The molecular formula is C16H22O2. The molecule has 2 heteroatoms. The maximum atomic E-state index is 11.8. The van der Waals surface area contributed by atoms with E-state index in [0.717, 1.165) is 12.8 Å². The molecule has 1 aromatic rings. The molecule has 0 N–H and O–H groups in total. The summed E-state index contributed by atoms with van der Waals surface area (Å²) in [6.07, 6.45) is 1.66. The Hall–Kier alpha value is -1.31. The van der Waals surface area contributed by atoms with Crippen molar-refractivity contribution >= 4 is 5.97 Å². The lowest BCUT2D eigenvalue weighted by Crippen LogP contribution is -2.17. The standard InChI is InChI=1S/C16H22O2/c1-5-18-15(17)13-8-11-6-7-14(16(2,3)4)10-12(11)9-13/h6-7,10,13H,5,8-9H2,1-4H3. The maximum Gasteiger partial charge on any atom is 0.309 e. The average Bonchev–Trinajstić information content (AvgIpc) is 2.70. The van der Waals surface area contributed by atoms with Crippen LogP contribution in [-0.2, 0) is 27.8 Å². The van der Waals surface area contributed by atoms with Gasteiger partial charge in [-0.05, 0) is 41.9 Å². The molecule has 0 aromatic heterocycles. The minimum Gasteiger partial charge on any atom is -0.466 e. The minimum absolute atomic E-state index is 0.0233. The van der Waals surface area contributed by atoms with E-state index in [1.807, 2.05) is 6.92 Å². The SMILES string of the molecule is CCOC(=O)C1Cc2ccc(C(C)(C)C)cc2C1. The highest BCUT2D eigenvalue weighted by Gasteiger charge is 2.29. The Morgan fingerprint density at radius 3 is 2.56 bits per heavy atom. The maximum absolute atomic E-state index is 11.8. The van der Waals surface area contributed by atoms with Gasteiger partial charge in [0.2, 0.25) is 0 Å². The molecule has 0 saturated heterocycles. The monoisotopic (exact) mass is 246 g/mol. The Kier molecular flexibility index (Phi) is 3.47. The number of hydrogen-bond acceptors (Lipinski definition) is 2. The highest BCUT2D eigenvalue weighted by molar-refractivity contribution is 5.74. The molecule has 0 radical (unpaired) electrons. The molecule has 1 atom stereocenters. The quantitative estimate of drug-likeness (QED) is 0.749. The van der Waals surface area contributed by atoms with Gasteiger partial charge in [0.25, 0.3) is 0 Å². The van der Waals surface area contributed by atoms with Crippen molar-refractivity contribution in [2.45, 2.75) is 46.0 Å². The molecule has 0 saturated carbocycles. The largest absolute Gasteiger partial charge is 0.466 e. The lowest BCUT2D eigenvalue weighted by molar-refractivity contribution is -0.147. The van der Waals surface area contributed by atoms with Crippen LogP contribution in [0.3, 0.4) is 0 Å². The second-order valence-electron chi connectivity index (χ2n) is 6.09. The molecule has 1 aromatic carbocycles. The second-order valence-corrected chi connectivity index (χ2v) is 6.09. The van der Waals surface area contributed by atoms with E-state index in [1.165, 1.54) is 16.7 Å². The molecule has 98 valence electrons. The topological polar surface area (TPSA) is 26.3 Å². The van der Waals surface area contributed by atoms with Gasteiger partial charge in [-0.15, -0.1) is 0 Å². The van der Waals surface area contributed by atoms with E-state index in [0.29, 0.717) is 6.61 Å². The third-order valence-electron chi connectivity index (χ3n) is 3.62. The number of ether oxygens (including phenoxy) is 1. The van der Waals surface area contributed by atoms with Crippen molar-refractivity contribution in [3.05, 3.63) is 34.9 Å². The van der Waals surface area contributed by atoms with Gasteiger partial charge in [-0.3, -0.25) is 4.79 Å². The smallest absolute Gasteiger partial charge is 0.309 e. The number of benzene rings is 1. The van der Waals surface area contributed by atoms with Crippen molar-refractivity contribution < 1.29 is 9.53 Å². The summed E-state index contributed by atoms with van der Waals surface area (Å²) >= 11 is 0. The normalized spacial score (nSPS) is 18.6. The third kappa shape index (κ3) is 2.58. The van der Waals surface area contributed by atoms with Crippen LogP contribution >= 0.6 is 0 Å². The van der Waals surface area contributed by atoms with Crippen molar-refractivity contribution in [1.29, 1.82) is 0 Å². The summed E-state index contributed by atoms with van der Waals surface area (Å²) < 4.78 is 5.12. The Balaban J connectivity index is 2.18. The third-order valence-corrected chi connectivity index (χ3v) is 3.62. The van der Waals surface area contributed by atoms with Crippen LogP contribution in [-0.4, -0.2) is 12.6 Å². The molecule has 2 nitrogen and oxygen atoms in total. The first kappa shape index (κ1) is 13.1. The molecule has 0 spiro atoms. The van der Waals surface area contributed by atoms with Crippen molar-refractivity contribution in [1.82, 2.24) is 0 Å². The van der Waals surface area contributed by atoms with Gasteiger partial charge >= 0.3 is 5.97 Å². The summed E-state index contributed by atoms with van der Waals surface area (Å²) in [6, 6.07) is 6.62. The van der Waals surface area contributed by atoms with Crippen molar-refractivity contribution in [2.75, 3.05) is 6.61 Å². The molecular weight excluding hydrogens is 224 g/mol. The lowest BCUT2D eigenvalue weighted by Gasteiger charge is -2.19. The summed E-state index contributed by atoms with van der Waals surface area (Å²) in [5.74, 6) is -0.0267. The summed E-state index contributed by atoms with van der Waals surface area (Å²) in [7, 11) is 0. The number of esters is 1. The Labute approximate surface area is 109 Å². The summed E-state index contributed by atoms with van der Waals surface area (Å²) in [4.78, 5) is 11.8. The van der Waals surface area contributed by atoms with Crippen molar-refractivity contribution in [3.8, 4) is 0 Å². The molecule has 18 heavy (non-hydrogen) atoms. The first-order chi connectivity index (χ1) is 8.41. The molecule has 0 heterocycles. The minimum atomic E-state index is -0.0500. The van der Waals surface area contributed by atoms with Gasteiger partial charge in [0.15, 0.2) is 0 Å². The van der Waals surface area contributed by atoms with Crippen LogP contribution < -0.4 is 0 Å². The Bertz CT molecular complexity index is 455. The molecule has 2 rings (SSSR count). The fourth-order valence-electron chi connectivity index (χ4n) is 2.51. The van der Waals surface area contributed by atoms with Crippen LogP contribution in [0.25, 0.3) is 0 Å². The first-order valence-electron chi connectivity index (χ1n) is 6.70. The molecule has 0 fully saturated rings. The van der Waals surface area contributed by atoms with Crippen LogP contribution in [0.5, 0.6) is 0 Å². The van der Waals surface area contributed by atoms with E-state index < -0.39 is 0 Å². The van der Waals surface area contributed by atoms with Gasteiger partial charge in [0.05, 0.1) is 12.5 Å². The van der Waals surface area contributed by atoms with Gasteiger partial charge < -0.3 is 4.74 Å². The lowest BCUT2D eigenvalue weighted by atomic mass is 9.85. The highest BCUT2D eigenvalue weighted by Crippen LogP contribution is 2.32. The van der Waals surface area contributed by atoms with Crippen LogP contribution in [0, 0.1) is 5.92 Å². The van der Waals surface area contributed by atoms with Gasteiger partial charge in [-0.2, -0.15) is 0 Å². The number of carbonyl (C=O) groups excluding carboxylic acids is 1. The number of hydrogen-bond donors (Lipinski definition) is 0. The molecule has 0 aliphatic heterocycles. The van der Waals surface area contributed by atoms with E-state index in [1.54, 1.807) is 0 Å². The number of rotatable bonds is 2. The predicted molar refractivity (Wildman–Crippen MR) is 72.7 cm³/mol. The Morgan fingerprint density at radius 1 is 1.28 bits per heavy atom. The molecule has 0 amide bonds. The summed E-state index contributed by atoms with van der Waals surface area (Å²) in [5, 5.41) is 0. The fraction of sp³-hybridized carbons (Fsp3) is 0.562. The molecule has 0 bridgehead atoms. The molecule has 1 aliphatic rings. The van der Waals surface area contributed by atoms with Gasteiger partial charge in [-0.25, -0.2) is 0 Å². The molecule has 1 aliphatic carbocycles. The zero-order chi connectivity index (χ0) is 13.3. The predicted octanol–water partition coefficient (Wildman–Crippen LogP) is 3.26. The van der Waals surface area contributed by atoms with Crippen LogP contribution in [0.15, 0.2) is 18.2 Å². The first-order valence-corrected chi connectivity index (χ1v) is 6.70. The molecule has 1 unspecified atom stereocenters. The van der Waals surface area contributed by atoms with E-state index in [9.17, 15) is 4.79 Å².